The third-order valence-corrected chi connectivity index (χ3v) is 13.7. The summed E-state index contributed by atoms with van der Waals surface area (Å²) >= 11 is 7.99. The Balaban J connectivity index is 2.08. The van der Waals surface area contributed by atoms with Crippen molar-refractivity contribution < 1.29 is 4.57 Å². The van der Waals surface area contributed by atoms with Gasteiger partial charge in [-0.2, -0.15) is 9.13 Å². The summed E-state index contributed by atoms with van der Waals surface area (Å²) in [6, 6.07) is 35.8. The lowest BCUT2D eigenvalue weighted by Crippen LogP contribution is -2.39. The van der Waals surface area contributed by atoms with Gasteiger partial charge in [-0.25, -0.2) is 0 Å². The first-order chi connectivity index (χ1) is 21.4. The van der Waals surface area contributed by atoms with E-state index in [-0.39, 0.29) is 0 Å². The molecule has 0 aliphatic carbocycles. The Morgan fingerprint density at radius 2 is 0.933 bits per heavy atom. The molecule has 0 atom stereocenters. The molecule has 5 aromatic rings. The van der Waals surface area contributed by atoms with Gasteiger partial charge in [0.2, 0.25) is 0 Å². The first-order valence-electron chi connectivity index (χ1n) is 16.5. The average molecular weight is 637 g/mol. The maximum absolute atomic E-state index is 7.99. The zero-order chi connectivity index (χ0) is 32.6. The Hall–Kier alpha value is -3.19. The van der Waals surface area contributed by atoms with Gasteiger partial charge in [0.1, 0.15) is 22.0 Å². The Bertz CT molecular complexity index is 1690. The van der Waals surface area contributed by atoms with Crippen molar-refractivity contribution in [2.75, 3.05) is 6.66 Å². The van der Waals surface area contributed by atoms with Crippen molar-refractivity contribution >= 4 is 34.9 Å². The Morgan fingerprint density at radius 3 is 1.31 bits per heavy atom. The van der Waals surface area contributed by atoms with Crippen molar-refractivity contribution in [2.24, 2.45) is 0 Å². The van der Waals surface area contributed by atoms with Crippen molar-refractivity contribution in [3.05, 3.63) is 130 Å². The predicted octanol–water partition coefficient (Wildman–Crippen LogP) is 10.1. The quantitative estimate of drug-likeness (QED) is 0.112. The van der Waals surface area contributed by atoms with Gasteiger partial charge in [0.25, 0.3) is 11.0 Å². The molecule has 1 aromatic heterocycles. The van der Waals surface area contributed by atoms with E-state index in [0.29, 0.717) is 23.7 Å². The second-order valence-electron chi connectivity index (χ2n) is 13.7. The number of hydrogen-bond donors (Lipinski definition) is 0. The number of benzene rings is 4. The lowest BCUT2D eigenvalue weighted by molar-refractivity contribution is -0.600. The summed E-state index contributed by atoms with van der Waals surface area (Å²) in [5.74, 6) is 2.50. The fourth-order valence-corrected chi connectivity index (χ4v) is 11.1. The van der Waals surface area contributed by atoms with E-state index in [9.17, 15) is 0 Å². The highest BCUT2D eigenvalue weighted by atomic mass is 35.5. The number of aromatic nitrogens is 2. The van der Waals surface area contributed by atoms with E-state index in [2.05, 4.69) is 175 Å². The molecule has 0 aliphatic rings. The summed E-state index contributed by atoms with van der Waals surface area (Å²) in [6.45, 7) is 23.1. The van der Waals surface area contributed by atoms with Crippen LogP contribution in [0.4, 0.5) is 0 Å². The standard InChI is InChI=1S/C41H50ClN2P/c1-27(2)34-23-17-24-35(28(3)4)38(34)43-31(9)44(39-36(29(5)6)25-18-26-37(39)30(7)8)41(40(43)42)45(10,32-19-13-11-14-20-32)33-21-15-12-16-22-33/h11-30H,1-10H3/q+2. The smallest absolute Gasteiger partial charge is 0.178 e. The minimum Gasteiger partial charge on any atom is -0.178 e. The van der Waals surface area contributed by atoms with Crippen LogP contribution in [0.2, 0.25) is 5.15 Å². The first-order valence-corrected chi connectivity index (χ1v) is 19.1. The van der Waals surface area contributed by atoms with Crippen molar-refractivity contribution in [3.8, 4) is 11.4 Å². The molecule has 45 heavy (non-hydrogen) atoms. The SMILES string of the molecule is Cc1n(-c2c(C(C)C)cccc2C(C)C)c([P+](C)(c2ccccc2)c2ccccc2)c(Cl)[n+]1-c1c(C(C)C)cccc1C(C)C. The summed E-state index contributed by atoms with van der Waals surface area (Å²) in [5.41, 5.74) is 9.03. The summed E-state index contributed by atoms with van der Waals surface area (Å²) in [4.78, 5) is 0. The minimum atomic E-state index is -2.26. The first kappa shape index (κ1) is 33.2. The molecule has 2 nitrogen and oxygen atoms in total. The largest absolute Gasteiger partial charge is 0.318 e. The van der Waals surface area contributed by atoms with Gasteiger partial charge < -0.3 is 0 Å². The van der Waals surface area contributed by atoms with Crippen LogP contribution < -0.4 is 20.6 Å². The zero-order valence-electron chi connectivity index (χ0n) is 28.8. The highest BCUT2D eigenvalue weighted by Crippen LogP contribution is 2.54. The fourth-order valence-electron chi connectivity index (χ4n) is 6.89. The van der Waals surface area contributed by atoms with Gasteiger partial charge in [-0.15, -0.1) is 0 Å². The topological polar surface area (TPSA) is 8.81 Å². The highest BCUT2D eigenvalue weighted by Gasteiger charge is 2.53. The number of rotatable bonds is 9. The maximum Gasteiger partial charge on any atom is 0.318 e. The number of hydrogen-bond acceptors (Lipinski definition) is 0. The molecule has 1 heterocycles. The summed E-state index contributed by atoms with van der Waals surface area (Å²) in [7, 11) is -2.26. The Kier molecular flexibility index (Phi) is 9.79. The lowest BCUT2D eigenvalue weighted by Gasteiger charge is -2.23. The van der Waals surface area contributed by atoms with E-state index >= 15 is 0 Å². The van der Waals surface area contributed by atoms with Gasteiger partial charge in [0, 0.05) is 29.2 Å². The number of nitrogens with zero attached hydrogens (tertiary/aromatic N) is 2. The highest BCUT2D eigenvalue weighted by molar-refractivity contribution is 7.95. The van der Waals surface area contributed by atoms with Gasteiger partial charge >= 0.3 is 5.44 Å². The van der Waals surface area contributed by atoms with Crippen molar-refractivity contribution in [1.82, 2.24) is 4.57 Å². The molecule has 5 rings (SSSR count). The molecule has 0 spiro atoms. The second-order valence-corrected chi connectivity index (χ2v) is 17.5. The average Bonchev–Trinajstić information content (AvgIpc) is 3.29. The Labute approximate surface area is 277 Å². The molecular weight excluding hydrogens is 587 g/mol. The molecule has 0 bridgehead atoms. The minimum absolute atomic E-state index is 0.340. The summed E-state index contributed by atoms with van der Waals surface area (Å²) in [6.07, 6.45) is 0. The molecular formula is C41H50ClN2P+2. The van der Waals surface area contributed by atoms with Crippen LogP contribution in [0.3, 0.4) is 0 Å². The van der Waals surface area contributed by atoms with E-state index < -0.39 is 7.26 Å². The van der Waals surface area contributed by atoms with Crippen LogP contribution in [-0.4, -0.2) is 11.2 Å². The predicted molar refractivity (Wildman–Crippen MR) is 198 cm³/mol. The molecule has 0 radical (unpaired) electrons. The number of halogens is 1. The molecule has 0 fully saturated rings. The number of para-hydroxylation sites is 2. The van der Waals surface area contributed by atoms with Gasteiger partial charge in [-0.05, 0) is 59.5 Å². The zero-order valence-corrected chi connectivity index (χ0v) is 30.4. The van der Waals surface area contributed by atoms with Crippen molar-refractivity contribution in [2.45, 2.75) is 86.0 Å². The molecule has 4 heteroatoms. The van der Waals surface area contributed by atoms with Crippen LogP contribution in [0, 0.1) is 6.92 Å². The van der Waals surface area contributed by atoms with Crippen LogP contribution in [0.5, 0.6) is 0 Å². The van der Waals surface area contributed by atoms with Crippen LogP contribution in [0.1, 0.15) is 107 Å². The van der Waals surface area contributed by atoms with Crippen LogP contribution in [-0.2, 0) is 0 Å². The third kappa shape index (κ3) is 5.82. The maximum atomic E-state index is 7.99. The molecule has 0 amide bonds. The molecule has 0 N–H and O–H groups in total. The third-order valence-electron chi connectivity index (χ3n) is 9.34. The number of imidazole rings is 1. The molecule has 0 saturated heterocycles. The molecule has 0 unspecified atom stereocenters. The molecule has 0 saturated carbocycles. The van der Waals surface area contributed by atoms with E-state index in [1.54, 1.807) is 0 Å². The fraction of sp³-hybridized carbons (Fsp3) is 0.341. The lowest BCUT2D eigenvalue weighted by atomic mass is 9.92. The Morgan fingerprint density at radius 1 is 0.556 bits per heavy atom. The van der Waals surface area contributed by atoms with Crippen LogP contribution >= 0.6 is 18.9 Å². The summed E-state index contributed by atoms with van der Waals surface area (Å²) < 4.78 is 4.97. The molecule has 234 valence electrons. The van der Waals surface area contributed by atoms with E-state index in [0.717, 1.165) is 11.0 Å². The van der Waals surface area contributed by atoms with Gasteiger partial charge in [-0.3, -0.25) is 0 Å². The van der Waals surface area contributed by atoms with Gasteiger partial charge in [-0.1, -0.05) is 128 Å². The molecule has 4 aromatic carbocycles. The van der Waals surface area contributed by atoms with Crippen molar-refractivity contribution in [3.63, 3.8) is 0 Å². The van der Waals surface area contributed by atoms with E-state index in [4.69, 9.17) is 11.6 Å². The van der Waals surface area contributed by atoms with Gasteiger partial charge in [0.15, 0.2) is 7.26 Å². The molecule has 0 aliphatic heterocycles. The monoisotopic (exact) mass is 636 g/mol. The van der Waals surface area contributed by atoms with Crippen LogP contribution in [0.15, 0.2) is 97.1 Å². The van der Waals surface area contributed by atoms with Crippen LogP contribution in [0.25, 0.3) is 11.4 Å². The second kappa shape index (κ2) is 13.3. The van der Waals surface area contributed by atoms with E-state index in [1.807, 2.05) is 0 Å². The van der Waals surface area contributed by atoms with Gasteiger partial charge in [0.05, 0.1) is 6.66 Å². The summed E-state index contributed by atoms with van der Waals surface area (Å²) in [5, 5.41) is 3.44. The normalized spacial score (nSPS) is 12.2. The van der Waals surface area contributed by atoms with Crippen molar-refractivity contribution in [1.29, 1.82) is 0 Å². The van der Waals surface area contributed by atoms with E-state index in [1.165, 1.54) is 49.7 Å².